The van der Waals surface area contributed by atoms with Crippen LogP contribution in [0, 0.1) is 0 Å². The number of carbonyl (C=O) groups excluding carboxylic acids is 2. The van der Waals surface area contributed by atoms with Gasteiger partial charge in [-0.25, -0.2) is 4.79 Å². The molecule has 1 aliphatic rings. The van der Waals surface area contributed by atoms with Crippen LogP contribution < -0.4 is 0 Å². The summed E-state index contributed by atoms with van der Waals surface area (Å²) in [5, 5.41) is 9.07. The lowest BCUT2D eigenvalue weighted by molar-refractivity contribution is 0.0943. The molecule has 0 spiro atoms. The lowest BCUT2D eigenvalue weighted by atomic mass is 10.1. The van der Waals surface area contributed by atoms with Crippen molar-refractivity contribution < 1.29 is 19.4 Å². The molecule has 1 aromatic carbocycles. The predicted molar refractivity (Wildman–Crippen MR) is 55.4 cm³/mol. The van der Waals surface area contributed by atoms with Gasteiger partial charge in [0.15, 0.2) is 5.78 Å². The number of carbonyl (C=O) groups is 2. The zero-order valence-corrected chi connectivity index (χ0v) is 8.55. The van der Waals surface area contributed by atoms with Crippen LogP contribution in [0.15, 0.2) is 24.3 Å². The average molecular weight is 221 g/mol. The zero-order chi connectivity index (χ0) is 11.5. The van der Waals surface area contributed by atoms with E-state index < -0.39 is 6.09 Å². The monoisotopic (exact) mass is 221 g/mol. The third kappa shape index (κ3) is 2.13. The quantitative estimate of drug-likeness (QED) is 0.774. The van der Waals surface area contributed by atoms with E-state index in [-0.39, 0.29) is 18.1 Å². The molecule has 16 heavy (non-hydrogen) atoms. The second kappa shape index (κ2) is 4.22. The Balaban J connectivity index is 2.02. The Bertz CT molecular complexity index is 412. The SMILES string of the molecule is O=C(CN1CCOC1=O)c1ccc(O)cc1. The molecule has 5 heteroatoms. The van der Waals surface area contributed by atoms with Crippen molar-refractivity contribution in [2.75, 3.05) is 19.7 Å². The van der Waals surface area contributed by atoms with Crippen molar-refractivity contribution >= 4 is 11.9 Å². The van der Waals surface area contributed by atoms with Gasteiger partial charge in [-0.3, -0.25) is 9.69 Å². The molecule has 1 fully saturated rings. The summed E-state index contributed by atoms with van der Waals surface area (Å²) in [6.07, 6.45) is -0.452. The molecule has 1 saturated heterocycles. The number of benzene rings is 1. The molecular weight excluding hydrogens is 210 g/mol. The van der Waals surface area contributed by atoms with Crippen LogP contribution in [0.1, 0.15) is 10.4 Å². The number of ketones is 1. The number of nitrogens with zero attached hydrogens (tertiary/aromatic N) is 1. The van der Waals surface area contributed by atoms with E-state index in [1.54, 1.807) is 0 Å². The Kier molecular flexibility index (Phi) is 2.76. The van der Waals surface area contributed by atoms with Gasteiger partial charge in [0, 0.05) is 5.56 Å². The summed E-state index contributed by atoms with van der Waals surface area (Å²) < 4.78 is 4.72. The van der Waals surface area contributed by atoms with Crippen LogP contribution in [0.3, 0.4) is 0 Å². The molecule has 0 unspecified atom stereocenters. The number of ether oxygens (including phenoxy) is 1. The molecule has 84 valence electrons. The van der Waals surface area contributed by atoms with E-state index in [0.717, 1.165) is 0 Å². The number of phenolic OH excluding ortho intramolecular Hbond substituents is 1. The Morgan fingerprint density at radius 1 is 1.38 bits per heavy atom. The highest BCUT2D eigenvalue weighted by atomic mass is 16.6. The lowest BCUT2D eigenvalue weighted by Gasteiger charge is -2.10. The molecule has 5 nitrogen and oxygen atoms in total. The first kappa shape index (κ1) is 10.5. The minimum absolute atomic E-state index is 0.0175. The molecule has 0 aliphatic carbocycles. The summed E-state index contributed by atoms with van der Waals surface area (Å²) in [4.78, 5) is 24.2. The minimum atomic E-state index is -0.452. The van der Waals surface area contributed by atoms with E-state index in [4.69, 9.17) is 9.84 Å². The second-order valence-corrected chi connectivity index (χ2v) is 3.51. The van der Waals surface area contributed by atoms with Crippen molar-refractivity contribution in [3.05, 3.63) is 29.8 Å². The number of hydrogen-bond acceptors (Lipinski definition) is 4. The van der Waals surface area contributed by atoms with E-state index in [1.807, 2.05) is 0 Å². The number of rotatable bonds is 3. The fraction of sp³-hybridized carbons (Fsp3) is 0.273. The van der Waals surface area contributed by atoms with Crippen molar-refractivity contribution in [1.82, 2.24) is 4.90 Å². The molecule has 0 saturated carbocycles. The largest absolute Gasteiger partial charge is 0.508 e. The molecule has 0 radical (unpaired) electrons. The van der Waals surface area contributed by atoms with Gasteiger partial charge in [0.05, 0.1) is 13.1 Å². The van der Waals surface area contributed by atoms with Crippen molar-refractivity contribution in [3.63, 3.8) is 0 Å². The normalized spacial score (nSPS) is 15.0. The summed E-state index contributed by atoms with van der Waals surface area (Å²) in [6.45, 7) is 0.800. The van der Waals surface area contributed by atoms with Crippen molar-refractivity contribution in [3.8, 4) is 5.75 Å². The molecule has 1 heterocycles. The Hall–Kier alpha value is -2.04. The summed E-state index contributed by atoms with van der Waals surface area (Å²) in [5.41, 5.74) is 0.470. The van der Waals surface area contributed by atoms with E-state index >= 15 is 0 Å². The topological polar surface area (TPSA) is 66.8 Å². The maximum Gasteiger partial charge on any atom is 0.410 e. The third-order valence-corrected chi connectivity index (χ3v) is 2.37. The predicted octanol–water partition coefficient (Wildman–Crippen LogP) is 1.03. The smallest absolute Gasteiger partial charge is 0.410 e. The van der Waals surface area contributed by atoms with Gasteiger partial charge >= 0.3 is 6.09 Å². The summed E-state index contributed by atoms with van der Waals surface area (Å²) in [5.74, 6) is -0.0593. The minimum Gasteiger partial charge on any atom is -0.508 e. The van der Waals surface area contributed by atoms with Crippen LogP contribution in [-0.4, -0.2) is 41.6 Å². The molecule has 0 atom stereocenters. The first-order valence-corrected chi connectivity index (χ1v) is 4.91. The van der Waals surface area contributed by atoms with Crippen molar-refractivity contribution in [1.29, 1.82) is 0 Å². The van der Waals surface area contributed by atoms with Crippen LogP contribution >= 0.6 is 0 Å². The standard InChI is InChI=1S/C11H11NO4/c13-9-3-1-8(2-4-9)10(14)7-12-5-6-16-11(12)15/h1-4,13H,5-7H2. The molecule has 1 amide bonds. The molecule has 2 rings (SSSR count). The van der Waals surface area contributed by atoms with Crippen LogP contribution in [0.5, 0.6) is 5.75 Å². The first-order valence-electron chi connectivity index (χ1n) is 4.91. The van der Waals surface area contributed by atoms with Crippen LogP contribution in [-0.2, 0) is 4.74 Å². The van der Waals surface area contributed by atoms with Gasteiger partial charge in [0.2, 0.25) is 0 Å². The average Bonchev–Trinajstić information content (AvgIpc) is 2.65. The summed E-state index contributed by atoms with van der Waals surface area (Å²) >= 11 is 0. The second-order valence-electron chi connectivity index (χ2n) is 3.51. The highest BCUT2D eigenvalue weighted by Gasteiger charge is 2.24. The molecular formula is C11H11NO4. The van der Waals surface area contributed by atoms with Gasteiger partial charge in [-0.15, -0.1) is 0 Å². The number of amides is 1. The molecule has 0 bridgehead atoms. The lowest BCUT2D eigenvalue weighted by Crippen LogP contribution is -2.30. The highest BCUT2D eigenvalue weighted by Crippen LogP contribution is 2.11. The Labute approximate surface area is 92.2 Å². The molecule has 0 aromatic heterocycles. The number of cyclic esters (lactones) is 1. The van der Waals surface area contributed by atoms with E-state index in [9.17, 15) is 9.59 Å². The van der Waals surface area contributed by atoms with Gasteiger partial charge in [0.1, 0.15) is 12.4 Å². The van der Waals surface area contributed by atoms with Gasteiger partial charge in [-0.1, -0.05) is 0 Å². The fourth-order valence-electron chi connectivity index (χ4n) is 1.48. The number of hydrogen-bond donors (Lipinski definition) is 1. The number of Topliss-reactive ketones (excluding diaryl/α,β-unsaturated/α-hetero) is 1. The van der Waals surface area contributed by atoms with Crippen LogP contribution in [0.25, 0.3) is 0 Å². The zero-order valence-electron chi connectivity index (χ0n) is 8.55. The van der Waals surface area contributed by atoms with E-state index in [1.165, 1.54) is 29.2 Å². The van der Waals surface area contributed by atoms with Crippen LogP contribution in [0.2, 0.25) is 0 Å². The van der Waals surface area contributed by atoms with Crippen molar-refractivity contribution in [2.24, 2.45) is 0 Å². The van der Waals surface area contributed by atoms with Crippen LogP contribution in [0.4, 0.5) is 4.79 Å². The first-order chi connectivity index (χ1) is 7.66. The third-order valence-electron chi connectivity index (χ3n) is 2.37. The maximum atomic E-state index is 11.7. The highest BCUT2D eigenvalue weighted by molar-refractivity contribution is 5.99. The summed E-state index contributed by atoms with van der Waals surface area (Å²) in [6, 6.07) is 5.93. The van der Waals surface area contributed by atoms with E-state index in [0.29, 0.717) is 18.7 Å². The van der Waals surface area contributed by atoms with E-state index in [2.05, 4.69) is 0 Å². The van der Waals surface area contributed by atoms with Gasteiger partial charge in [-0.2, -0.15) is 0 Å². The van der Waals surface area contributed by atoms with Gasteiger partial charge < -0.3 is 9.84 Å². The van der Waals surface area contributed by atoms with Gasteiger partial charge in [0.25, 0.3) is 0 Å². The Morgan fingerprint density at radius 2 is 2.06 bits per heavy atom. The molecule has 1 N–H and O–H groups in total. The van der Waals surface area contributed by atoms with Crippen molar-refractivity contribution in [2.45, 2.75) is 0 Å². The number of phenols is 1. The molecule has 1 aromatic rings. The fourth-order valence-corrected chi connectivity index (χ4v) is 1.48. The Morgan fingerprint density at radius 3 is 2.62 bits per heavy atom. The van der Waals surface area contributed by atoms with Gasteiger partial charge in [-0.05, 0) is 24.3 Å². The summed E-state index contributed by atoms with van der Waals surface area (Å²) in [7, 11) is 0. The number of aromatic hydroxyl groups is 1. The molecule has 1 aliphatic heterocycles. The maximum absolute atomic E-state index is 11.7.